The van der Waals surface area contributed by atoms with Gasteiger partial charge in [-0.05, 0) is 48.6 Å². The molecule has 1 aromatic heterocycles. The van der Waals surface area contributed by atoms with E-state index in [9.17, 15) is 14.4 Å². The van der Waals surface area contributed by atoms with Crippen molar-refractivity contribution < 1.29 is 14.4 Å². The highest BCUT2D eigenvalue weighted by Crippen LogP contribution is 2.21. The number of benzene rings is 1. The van der Waals surface area contributed by atoms with Gasteiger partial charge in [-0.1, -0.05) is 17.7 Å². The number of piperazine rings is 1. The predicted molar refractivity (Wildman–Crippen MR) is 126 cm³/mol. The third-order valence-corrected chi connectivity index (χ3v) is 7.15. The van der Waals surface area contributed by atoms with E-state index >= 15 is 0 Å². The lowest BCUT2D eigenvalue weighted by Crippen LogP contribution is -2.53. The molecule has 1 aromatic carbocycles. The Morgan fingerprint density at radius 2 is 1.75 bits per heavy atom. The molecule has 4 rings (SSSR count). The second-order valence-electron chi connectivity index (χ2n) is 8.06. The molecule has 0 saturated carbocycles. The fraction of sp³-hybridized carbons (Fsp3) is 0.435. The van der Waals surface area contributed by atoms with E-state index in [0.29, 0.717) is 37.5 Å². The lowest BCUT2D eigenvalue weighted by atomic mass is 10.2. The van der Waals surface area contributed by atoms with Gasteiger partial charge in [-0.2, -0.15) is 0 Å². The third kappa shape index (κ3) is 5.42. The minimum atomic E-state index is -0.489. The van der Waals surface area contributed by atoms with Crippen LogP contribution in [0.1, 0.15) is 17.7 Å². The Balaban J connectivity index is 1.23. The van der Waals surface area contributed by atoms with Crippen LogP contribution in [0, 0.1) is 0 Å². The first kappa shape index (κ1) is 22.6. The molecule has 170 valence electrons. The third-order valence-electron chi connectivity index (χ3n) is 6.02. The number of carbonyl (C=O) groups excluding carboxylic acids is 3. The number of hydrogen-bond donors (Lipinski definition) is 1. The summed E-state index contributed by atoms with van der Waals surface area (Å²) in [7, 11) is 0. The number of likely N-dealkylation sites (tertiary alicyclic amines) is 1. The van der Waals surface area contributed by atoms with Gasteiger partial charge in [-0.25, -0.2) is 0 Å². The standard InChI is InChI=1S/C23H27ClN4O3S/c24-17-5-7-18(8-6-17)26-10-12-27(13-11-26)22(30)16-25-23(31)20-4-1-9-28(20)21(29)15-19-3-2-14-32-19/h2-3,5-8,14,20H,1,4,9-13,15-16H2,(H,25,31). The lowest BCUT2D eigenvalue weighted by molar-refractivity contribution is -0.139. The molecule has 3 heterocycles. The van der Waals surface area contributed by atoms with Gasteiger partial charge >= 0.3 is 0 Å². The summed E-state index contributed by atoms with van der Waals surface area (Å²) in [6.07, 6.45) is 1.75. The Morgan fingerprint density at radius 1 is 1.00 bits per heavy atom. The van der Waals surface area contributed by atoms with Crippen molar-refractivity contribution in [1.82, 2.24) is 15.1 Å². The van der Waals surface area contributed by atoms with Crippen LogP contribution < -0.4 is 10.2 Å². The zero-order chi connectivity index (χ0) is 22.5. The number of rotatable bonds is 6. The molecule has 2 aliphatic heterocycles. The molecule has 2 saturated heterocycles. The molecule has 32 heavy (non-hydrogen) atoms. The quantitative estimate of drug-likeness (QED) is 0.697. The summed E-state index contributed by atoms with van der Waals surface area (Å²) in [6.45, 7) is 3.22. The number of thiophene rings is 1. The van der Waals surface area contributed by atoms with Gasteiger partial charge in [0.2, 0.25) is 17.7 Å². The molecule has 1 atom stereocenters. The molecular formula is C23H27ClN4O3S. The summed E-state index contributed by atoms with van der Waals surface area (Å²) in [5, 5.41) is 5.41. The summed E-state index contributed by atoms with van der Waals surface area (Å²) in [5.74, 6) is -0.367. The van der Waals surface area contributed by atoms with Crippen molar-refractivity contribution >= 4 is 46.3 Å². The highest BCUT2D eigenvalue weighted by atomic mass is 35.5. The van der Waals surface area contributed by atoms with Crippen LogP contribution in [-0.2, 0) is 20.8 Å². The van der Waals surface area contributed by atoms with E-state index < -0.39 is 6.04 Å². The topological polar surface area (TPSA) is 73.0 Å². The van der Waals surface area contributed by atoms with Gasteiger partial charge in [0.05, 0.1) is 13.0 Å². The first-order valence-electron chi connectivity index (χ1n) is 10.9. The predicted octanol–water partition coefficient (Wildman–Crippen LogP) is 2.40. The highest BCUT2D eigenvalue weighted by Gasteiger charge is 2.34. The second kappa shape index (κ2) is 10.4. The van der Waals surface area contributed by atoms with Crippen molar-refractivity contribution in [3.8, 4) is 0 Å². The van der Waals surface area contributed by atoms with Gasteiger partial charge < -0.3 is 20.0 Å². The summed E-state index contributed by atoms with van der Waals surface area (Å²) in [4.78, 5) is 44.6. The Hall–Kier alpha value is -2.58. The maximum absolute atomic E-state index is 12.7. The lowest BCUT2D eigenvalue weighted by Gasteiger charge is -2.36. The Morgan fingerprint density at radius 3 is 2.44 bits per heavy atom. The number of carbonyl (C=O) groups is 3. The van der Waals surface area contributed by atoms with Gasteiger partial charge in [0.15, 0.2) is 0 Å². The van der Waals surface area contributed by atoms with E-state index in [-0.39, 0.29) is 24.3 Å². The fourth-order valence-electron chi connectivity index (χ4n) is 4.26. The maximum Gasteiger partial charge on any atom is 0.243 e. The number of anilines is 1. The fourth-order valence-corrected chi connectivity index (χ4v) is 5.08. The molecule has 9 heteroatoms. The van der Waals surface area contributed by atoms with Gasteiger partial charge in [-0.3, -0.25) is 14.4 Å². The van der Waals surface area contributed by atoms with E-state index in [2.05, 4.69) is 10.2 Å². The van der Waals surface area contributed by atoms with Crippen molar-refractivity contribution in [3.05, 3.63) is 51.7 Å². The maximum atomic E-state index is 12.7. The minimum absolute atomic E-state index is 0.0326. The van der Waals surface area contributed by atoms with Crippen LogP contribution >= 0.6 is 22.9 Å². The molecular weight excluding hydrogens is 448 g/mol. The van der Waals surface area contributed by atoms with Crippen molar-refractivity contribution in [2.45, 2.75) is 25.3 Å². The smallest absolute Gasteiger partial charge is 0.243 e. The van der Waals surface area contributed by atoms with Gasteiger partial charge in [-0.15, -0.1) is 11.3 Å². The van der Waals surface area contributed by atoms with E-state index in [1.54, 1.807) is 21.1 Å². The highest BCUT2D eigenvalue weighted by molar-refractivity contribution is 7.10. The van der Waals surface area contributed by atoms with Crippen LogP contribution in [0.2, 0.25) is 5.02 Å². The first-order chi connectivity index (χ1) is 15.5. The Labute approximate surface area is 196 Å². The van der Waals surface area contributed by atoms with Crippen molar-refractivity contribution in [1.29, 1.82) is 0 Å². The van der Waals surface area contributed by atoms with Gasteiger partial charge in [0.1, 0.15) is 6.04 Å². The monoisotopic (exact) mass is 474 g/mol. The number of nitrogens with zero attached hydrogens (tertiary/aromatic N) is 3. The zero-order valence-corrected chi connectivity index (χ0v) is 19.4. The molecule has 3 amide bonds. The van der Waals surface area contributed by atoms with E-state index in [0.717, 1.165) is 30.1 Å². The van der Waals surface area contributed by atoms with Crippen molar-refractivity contribution in [2.75, 3.05) is 44.2 Å². The molecule has 2 fully saturated rings. The SMILES string of the molecule is O=C(NCC(=O)N1CCN(c2ccc(Cl)cc2)CC1)C1CCCN1C(=O)Cc1cccs1. The van der Waals surface area contributed by atoms with Crippen molar-refractivity contribution in [2.24, 2.45) is 0 Å². The molecule has 2 aromatic rings. The molecule has 1 N–H and O–H groups in total. The van der Waals surface area contributed by atoms with Gasteiger partial charge in [0.25, 0.3) is 0 Å². The largest absolute Gasteiger partial charge is 0.368 e. The molecule has 1 unspecified atom stereocenters. The van der Waals surface area contributed by atoms with E-state index in [1.165, 1.54) is 0 Å². The van der Waals surface area contributed by atoms with Crippen LogP contribution in [0.25, 0.3) is 0 Å². The second-order valence-corrected chi connectivity index (χ2v) is 9.53. The normalized spacial score (nSPS) is 18.7. The first-order valence-corrected chi connectivity index (χ1v) is 12.1. The number of amides is 3. The molecule has 7 nitrogen and oxygen atoms in total. The number of nitrogens with one attached hydrogen (secondary N) is 1. The summed E-state index contributed by atoms with van der Waals surface area (Å²) in [6, 6.07) is 11.0. The average molecular weight is 475 g/mol. The van der Waals surface area contributed by atoms with E-state index in [4.69, 9.17) is 11.6 Å². The molecule has 0 spiro atoms. The molecule has 0 aliphatic carbocycles. The molecule has 2 aliphatic rings. The van der Waals surface area contributed by atoms with Crippen LogP contribution in [0.4, 0.5) is 5.69 Å². The zero-order valence-electron chi connectivity index (χ0n) is 17.8. The minimum Gasteiger partial charge on any atom is -0.368 e. The van der Waals surface area contributed by atoms with Gasteiger partial charge in [0, 0.05) is 48.3 Å². The summed E-state index contributed by atoms with van der Waals surface area (Å²) >= 11 is 7.49. The molecule has 0 bridgehead atoms. The molecule has 0 radical (unpaired) electrons. The van der Waals surface area contributed by atoms with Crippen LogP contribution in [0.5, 0.6) is 0 Å². The summed E-state index contributed by atoms with van der Waals surface area (Å²) < 4.78 is 0. The Bertz CT molecular complexity index is 943. The van der Waals surface area contributed by atoms with Crippen molar-refractivity contribution in [3.63, 3.8) is 0 Å². The average Bonchev–Trinajstić information content (AvgIpc) is 3.50. The van der Waals surface area contributed by atoms with Crippen LogP contribution in [-0.4, -0.2) is 72.8 Å². The number of halogens is 1. The van der Waals surface area contributed by atoms with E-state index in [1.807, 2.05) is 41.8 Å². The Kier molecular flexibility index (Phi) is 7.32. The summed E-state index contributed by atoms with van der Waals surface area (Å²) in [5.41, 5.74) is 1.09. The number of hydrogen-bond acceptors (Lipinski definition) is 5. The van der Waals surface area contributed by atoms with Crippen LogP contribution in [0.3, 0.4) is 0 Å². The van der Waals surface area contributed by atoms with Crippen LogP contribution in [0.15, 0.2) is 41.8 Å².